The van der Waals surface area contributed by atoms with Gasteiger partial charge in [-0.2, -0.15) is 4.58 Å². The van der Waals surface area contributed by atoms with Crippen molar-refractivity contribution < 1.29 is 9.31 Å². The van der Waals surface area contributed by atoms with Crippen molar-refractivity contribution >= 4 is 17.5 Å². The zero-order chi connectivity index (χ0) is 13.4. The van der Waals surface area contributed by atoms with Crippen molar-refractivity contribution in [3.8, 4) is 0 Å². The topological polar surface area (TPSA) is 12.2 Å². The van der Waals surface area contributed by atoms with Crippen LogP contribution in [0.5, 0.6) is 0 Å². The molecule has 2 atom stereocenters. The summed E-state index contributed by atoms with van der Waals surface area (Å²) in [4.78, 5) is 0. The minimum Gasteiger partial charge on any atom is -0.441 e. The van der Waals surface area contributed by atoms with Crippen LogP contribution in [-0.2, 0) is 4.74 Å². The van der Waals surface area contributed by atoms with Gasteiger partial charge in [0.05, 0.1) is 6.42 Å². The van der Waals surface area contributed by atoms with Gasteiger partial charge in [0, 0.05) is 22.9 Å². The molecule has 0 aromatic heterocycles. The number of hydrogen-bond donors (Lipinski definition) is 0. The van der Waals surface area contributed by atoms with Crippen LogP contribution < -0.4 is 0 Å². The SMILES string of the molecule is CC(C)C1COC2=[N+]1C(c1ccc(Cl)cc1)CCC2. The van der Waals surface area contributed by atoms with Crippen molar-refractivity contribution in [3.05, 3.63) is 34.9 Å². The van der Waals surface area contributed by atoms with E-state index in [0.717, 1.165) is 18.1 Å². The smallest absolute Gasteiger partial charge is 0.337 e. The Hall–Kier alpha value is -1.02. The number of nitrogens with zero attached hydrogens (tertiary/aromatic N) is 1. The largest absolute Gasteiger partial charge is 0.441 e. The van der Waals surface area contributed by atoms with E-state index in [-0.39, 0.29) is 0 Å². The van der Waals surface area contributed by atoms with E-state index < -0.39 is 0 Å². The average Bonchev–Trinajstić information content (AvgIpc) is 2.83. The first-order valence-corrected chi connectivity index (χ1v) is 7.57. The van der Waals surface area contributed by atoms with Gasteiger partial charge in [-0.15, -0.1) is 0 Å². The molecule has 1 aromatic carbocycles. The van der Waals surface area contributed by atoms with E-state index >= 15 is 0 Å². The summed E-state index contributed by atoms with van der Waals surface area (Å²) in [5.74, 6) is 1.82. The Kier molecular flexibility index (Phi) is 3.53. The van der Waals surface area contributed by atoms with E-state index in [1.807, 2.05) is 12.1 Å². The molecule has 0 fully saturated rings. The summed E-state index contributed by atoms with van der Waals surface area (Å²) in [5, 5.41) is 0.807. The number of ether oxygens (including phenoxy) is 1. The monoisotopic (exact) mass is 278 g/mol. The van der Waals surface area contributed by atoms with Crippen LogP contribution in [0.15, 0.2) is 24.3 Å². The fourth-order valence-corrected chi connectivity index (χ4v) is 3.37. The van der Waals surface area contributed by atoms with E-state index in [0.29, 0.717) is 18.0 Å². The van der Waals surface area contributed by atoms with E-state index in [1.165, 1.54) is 24.3 Å². The Labute approximate surface area is 120 Å². The number of rotatable bonds is 2. The molecule has 2 nitrogen and oxygen atoms in total. The van der Waals surface area contributed by atoms with Crippen LogP contribution in [0.1, 0.15) is 44.7 Å². The number of halogens is 1. The second kappa shape index (κ2) is 5.16. The standard InChI is InChI=1S/C16H21ClNO/c1-11(2)15-10-19-16-5-3-4-14(18(15)16)12-6-8-13(17)9-7-12/h6-9,11,14-15H,3-5,10H2,1-2H3/q+1. The Morgan fingerprint density at radius 3 is 2.68 bits per heavy atom. The lowest BCUT2D eigenvalue weighted by atomic mass is 9.94. The summed E-state index contributed by atoms with van der Waals surface area (Å²) < 4.78 is 8.45. The molecular weight excluding hydrogens is 258 g/mol. The molecule has 0 saturated heterocycles. The van der Waals surface area contributed by atoms with Gasteiger partial charge in [-0.1, -0.05) is 37.6 Å². The number of hydrogen-bond acceptors (Lipinski definition) is 1. The second-order valence-electron chi connectivity index (χ2n) is 5.88. The highest BCUT2D eigenvalue weighted by atomic mass is 35.5. The molecule has 0 radical (unpaired) electrons. The molecule has 0 aliphatic carbocycles. The summed E-state index contributed by atoms with van der Waals surface area (Å²) in [6, 6.07) is 9.27. The van der Waals surface area contributed by atoms with Gasteiger partial charge < -0.3 is 4.74 Å². The minimum atomic E-state index is 0.455. The molecule has 2 unspecified atom stereocenters. The normalized spacial score (nSPS) is 26.5. The van der Waals surface area contributed by atoms with Gasteiger partial charge in [-0.05, 0) is 18.6 Å². The highest BCUT2D eigenvalue weighted by Gasteiger charge is 2.44. The van der Waals surface area contributed by atoms with E-state index in [4.69, 9.17) is 16.3 Å². The number of benzene rings is 1. The van der Waals surface area contributed by atoms with Gasteiger partial charge in [0.1, 0.15) is 0 Å². The molecule has 3 heteroatoms. The van der Waals surface area contributed by atoms with Crippen LogP contribution in [-0.4, -0.2) is 23.1 Å². The van der Waals surface area contributed by atoms with Gasteiger partial charge in [0.2, 0.25) is 0 Å². The quantitative estimate of drug-likeness (QED) is 0.744. The van der Waals surface area contributed by atoms with Crippen LogP contribution in [0.4, 0.5) is 0 Å². The Bertz CT molecular complexity index is 492. The summed E-state index contributed by atoms with van der Waals surface area (Å²) in [6.07, 6.45) is 3.51. The van der Waals surface area contributed by atoms with E-state index in [2.05, 4.69) is 30.6 Å². The fourth-order valence-electron chi connectivity index (χ4n) is 3.24. The van der Waals surface area contributed by atoms with Crippen LogP contribution >= 0.6 is 11.6 Å². The molecule has 2 aliphatic rings. The van der Waals surface area contributed by atoms with Gasteiger partial charge in [0.25, 0.3) is 0 Å². The van der Waals surface area contributed by atoms with Crippen molar-refractivity contribution in [2.24, 2.45) is 5.92 Å². The fraction of sp³-hybridized carbons (Fsp3) is 0.562. The molecule has 0 saturated carbocycles. The van der Waals surface area contributed by atoms with Crippen LogP contribution in [0.3, 0.4) is 0 Å². The third-order valence-corrected chi connectivity index (χ3v) is 4.55. The van der Waals surface area contributed by atoms with Crippen LogP contribution in [0.25, 0.3) is 0 Å². The summed E-state index contributed by atoms with van der Waals surface area (Å²) in [5.41, 5.74) is 1.36. The Balaban J connectivity index is 1.96. The van der Waals surface area contributed by atoms with Crippen LogP contribution in [0.2, 0.25) is 5.02 Å². The zero-order valence-electron chi connectivity index (χ0n) is 11.6. The van der Waals surface area contributed by atoms with Crippen molar-refractivity contribution in [1.82, 2.24) is 0 Å². The predicted octanol–water partition coefficient (Wildman–Crippen LogP) is 4.03. The predicted molar refractivity (Wildman–Crippen MR) is 77.9 cm³/mol. The first-order valence-electron chi connectivity index (χ1n) is 7.19. The molecule has 0 bridgehead atoms. The first-order chi connectivity index (χ1) is 9.16. The maximum atomic E-state index is 6.00. The summed E-state index contributed by atoms with van der Waals surface area (Å²) >= 11 is 6.00. The molecule has 3 rings (SSSR count). The first kappa shape index (κ1) is 13.0. The summed E-state index contributed by atoms with van der Waals surface area (Å²) in [6.45, 7) is 5.41. The maximum Gasteiger partial charge on any atom is 0.337 e. The Morgan fingerprint density at radius 2 is 2.00 bits per heavy atom. The second-order valence-corrected chi connectivity index (χ2v) is 6.32. The van der Waals surface area contributed by atoms with E-state index in [9.17, 15) is 0 Å². The molecular formula is C16H21ClNO+. The third-order valence-electron chi connectivity index (χ3n) is 4.29. The van der Waals surface area contributed by atoms with Gasteiger partial charge in [-0.3, -0.25) is 0 Å². The highest BCUT2D eigenvalue weighted by molar-refractivity contribution is 6.30. The Morgan fingerprint density at radius 1 is 1.26 bits per heavy atom. The highest BCUT2D eigenvalue weighted by Crippen LogP contribution is 2.34. The summed E-state index contributed by atoms with van der Waals surface area (Å²) in [7, 11) is 0. The van der Waals surface area contributed by atoms with Crippen molar-refractivity contribution in [2.45, 2.75) is 45.2 Å². The molecule has 1 aromatic rings. The zero-order valence-corrected chi connectivity index (χ0v) is 12.4. The van der Waals surface area contributed by atoms with Gasteiger partial charge in [-0.25, -0.2) is 0 Å². The molecule has 0 N–H and O–H groups in total. The average molecular weight is 279 g/mol. The third kappa shape index (κ3) is 2.38. The van der Waals surface area contributed by atoms with Crippen molar-refractivity contribution in [3.63, 3.8) is 0 Å². The molecule has 0 spiro atoms. The van der Waals surface area contributed by atoms with E-state index in [1.54, 1.807) is 0 Å². The van der Waals surface area contributed by atoms with Crippen molar-refractivity contribution in [2.75, 3.05) is 6.61 Å². The lowest BCUT2D eigenvalue weighted by Gasteiger charge is -2.23. The molecule has 2 heterocycles. The van der Waals surface area contributed by atoms with Crippen molar-refractivity contribution in [1.29, 1.82) is 0 Å². The molecule has 2 aliphatic heterocycles. The molecule has 102 valence electrons. The van der Waals surface area contributed by atoms with Gasteiger partial charge >= 0.3 is 5.90 Å². The maximum absolute atomic E-state index is 6.00. The minimum absolute atomic E-state index is 0.455. The van der Waals surface area contributed by atoms with Gasteiger partial charge in [0.15, 0.2) is 18.7 Å². The van der Waals surface area contributed by atoms with Crippen LogP contribution in [0, 0.1) is 5.92 Å². The molecule has 0 amide bonds. The molecule has 19 heavy (non-hydrogen) atoms. The lowest BCUT2D eigenvalue weighted by Crippen LogP contribution is -2.36. The lowest BCUT2D eigenvalue weighted by molar-refractivity contribution is -0.610.